The van der Waals surface area contributed by atoms with Gasteiger partial charge >= 0.3 is 0 Å². The second-order valence-electron chi connectivity index (χ2n) is 7.78. The van der Waals surface area contributed by atoms with E-state index in [0.29, 0.717) is 17.8 Å². The molecule has 3 heterocycles. The van der Waals surface area contributed by atoms with Crippen LogP contribution < -0.4 is 0 Å². The van der Waals surface area contributed by atoms with Crippen LogP contribution in [0.25, 0.3) is 16.9 Å². The summed E-state index contributed by atoms with van der Waals surface area (Å²) in [6.45, 7) is 6.89. The minimum atomic E-state index is -2.77. The van der Waals surface area contributed by atoms with Crippen LogP contribution in [0.1, 0.15) is 46.2 Å². The molecule has 0 unspecified atom stereocenters. The summed E-state index contributed by atoms with van der Waals surface area (Å²) in [5.41, 5.74) is 3.83. The molecular weight excluding hydrogens is 414 g/mol. The predicted molar refractivity (Wildman–Crippen MR) is 117 cm³/mol. The summed E-state index contributed by atoms with van der Waals surface area (Å²) in [4.78, 5) is 19.2. The Balaban J connectivity index is 1.74. The number of nitrogens with zero attached hydrogens (tertiary/aromatic N) is 6. The quantitative estimate of drug-likeness (QED) is 0.446. The van der Waals surface area contributed by atoms with Crippen LogP contribution >= 0.6 is 0 Å². The molecule has 0 aliphatic rings. The van der Waals surface area contributed by atoms with E-state index in [-0.39, 0.29) is 22.8 Å². The van der Waals surface area contributed by atoms with Crippen LogP contribution in [-0.4, -0.2) is 42.2 Å². The van der Waals surface area contributed by atoms with Crippen LogP contribution in [-0.2, 0) is 13.1 Å². The Morgan fingerprint density at radius 3 is 2.53 bits per heavy atom. The fourth-order valence-corrected chi connectivity index (χ4v) is 3.57. The maximum Gasteiger partial charge on any atom is 0.280 e. The zero-order valence-corrected chi connectivity index (χ0v) is 18.4. The van der Waals surface area contributed by atoms with Gasteiger partial charge in [0.2, 0.25) is 0 Å². The summed E-state index contributed by atoms with van der Waals surface area (Å²) in [5, 5.41) is 8.45. The van der Waals surface area contributed by atoms with Crippen molar-refractivity contribution in [2.45, 2.75) is 40.3 Å². The van der Waals surface area contributed by atoms with E-state index in [4.69, 9.17) is 0 Å². The lowest BCUT2D eigenvalue weighted by Gasteiger charge is -2.16. The molecule has 0 atom stereocenters. The van der Waals surface area contributed by atoms with Crippen molar-refractivity contribution in [1.29, 1.82) is 0 Å². The number of alkyl halides is 2. The molecule has 7 nitrogen and oxygen atoms in total. The van der Waals surface area contributed by atoms with E-state index in [1.807, 2.05) is 55.9 Å². The van der Waals surface area contributed by atoms with E-state index in [9.17, 15) is 13.6 Å². The van der Waals surface area contributed by atoms with E-state index >= 15 is 0 Å². The Bertz CT molecular complexity index is 1280. The summed E-state index contributed by atoms with van der Waals surface area (Å²) >= 11 is 0. The Morgan fingerprint density at radius 2 is 1.91 bits per heavy atom. The molecule has 1 amide bonds. The second kappa shape index (κ2) is 8.49. The van der Waals surface area contributed by atoms with Crippen LogP contribution in [0.4, 0.5) is 8.78 Å². The molecule has 0 radical (unpaired) electrons. The lowest BCUT2D eigenvalue weighted by molar-refractivity contribution is 0.0786. The molecule has 0 aliphatic carbocycles. The molecule has 0 aliphatic heterocycles. The first-order valence-electron chi connectivity index (χ1n) is 10.3. The molecule has 0 N–H and O–H groups in total. The van der Waals surface area contributed by atoms with Gasteiger partial charge in [0, 0.05) is 37.5 Å². The molecule has 0 saturated carbocycles. The standard InChI is InChI=1S/C23H24F2N6O/c1-5-30-13-17(15(3)28-30)12-29(4)23(32)18-11-26-31-20(21(24)25)10-19(27-22(18)31)16-8-6-14(2)7-9-16/h6-11,13,21H,5,12H2,1-4H3. The van der Waals surface area contributed by atoms with Crippen molar-refractivity contribution < 1.29 is 13.6 Å². The van der Waals surface area contributed by atoms with Gasteiger partial charge in [-0.1, -0.05) is 29.8 Å². The van der Waals surface area contributed by atoms with Crippen molar-refractivity contribution in [3.05, 3.63) is 70.8 Å². The molecule has 0 spiro atoms. The van der Waals surface area contributed by atoms with Gasteiger partial charge in [-0.05, 0) is 26.8 Å². The summed E-state index contributed by atoms with van der Waals surface area (Å²) in [5.74, 6) is -0.350. The summed E-state index contributed by atoms with van der Waals surface area (Å²) < 4.78 is 30.5. The lowest BCUT2D eigenvalue weighted by Crippen LogP contribution is -2.26. The third-order valence-corrected chi connectivity index (χ3v) is 5.43. The average Bonchev–Trinajstić information content (AvgIpc) is 3.36. The minimum absolute atomic E-state index is 0.108. The third kappa shape index (κ3) is 3.98. The number of hydrogen-bond donors (Lipinski definition) is 0. The van der Waals surface area contributed by atoms with Crippen molar-refractivity contribution in [1.82, 2.24) is 29.3 Å². The highest BCUT2D eigenvalue weighted by molar-refractivity contribution is 5.99. The molecule has 3 aromatic heterocycles. The number of rotatable bonds is 6. The maximum absolute atomic E-state index is 13.8. The van der Waals surface area contributed by atoms with Crippen LogP contribution in [0.2, 0.25) is 0 Å². The van der Waals surface area contributed by atoms with E-state index in [1.165, 1.54) is 17.2 Å². The smallest absolute Gasteiger partial charge is 0.280 e. The third-order valence-electron chi connectivity index (χ3n) is 5.43. The lowest BCUT2D eigenvalue weighted by atomic mass is 10.1. The van der Waals surface area contributed by atoms with E-state index < -0.39 is 6.43 Å². The number of halogens is 2. The van der Waals surface area contributed by atoms with Crippen molar-refractivity contribution >= 4 is 11.6 Å². The molecular formula is C23H24F2N6O. The minimum Gasteiger partial charge on any atom is -0.337 e. The summed E-state index contributed by atoms with van der Waals surface area (Å²) in [7, 11) is 1.66. The number of carbonyl (C=O) groups is 1. The molecule has 0 bridgehead atoms. The zero-order valence-electron chi connectivity index (χ0n) is 18.4. The SMILES string of the molecule is CCn1cc(CN(C)C(=O)c2cnn3c(C(F)F)cc(-c4ccc(C)cc4)nc23)c(C)n1. The predicted octanol–water partition coefficient (Wildman–Crippen LogP) is 4.44. The normalized spacial score (nSPS) is 11.5. The average molecular weight is 438 g/mol. The van der Waals surface area contributed by atoms with Crippen molar-refractivity contribution in [3.63, 3.8) is 0 Å². The van der Waals surface area contributed by atoms with Gasteiger partial charge in [0.1, 0.15) is 11.3 Å². The fourth-order valence-electron chi connectivity index (χ4n) is 3.57. The van der Waals surface area contributed by atoms with Gasteiger partial charge in [0.05, 0.1) is 17.6 Å². The van der Waals surface area contributed by atoms with Gasteiger partial charge in [-0.3, -0.25) is 9.48 Å². The van der Waals surface area contributed by atoms with Gasteiger partial charge in [-0.15, -0.1) is 0 Å². The van der Waals surface area contributed by atoms with Crippen LogP contribution in [0, 0.1) is 13.8 Å². The molecule has 166 valence electrons. The first kappa shape index (κ1) is 21.6. The molecule has 0 saturated heterocycles. The highest BCUT2D eigenvalue weighted by atomic mass is 19.3. The number of aryl methyl sites for hydroxylation is 3. The van der Waals surface area contributed by atoms with Gasteiger partial charge in [-0.2, -0.15) is 10.2 Å². The first-order valence-corrected chi connectivity index (χ1v) is 10.3. The number of benzene rings is 1. The largest absolute Gasteiger partial charge is 0.337 e. The number of fused-ring (bicyclic) bond motifs is 1. The zero-order chi connectivity index (χ0) is 23.0. The van der Waals surface area contributed by atoms with E-state index in [0.717, 1.165) is 27.9 Å². The van der Waals surface area contributed by atoms with E-state index in [2.05, 4.69) is 15.2 Å². The molecule has 4 rings (SSSR count). The van der Waals surface area contributed by atoms with Gasteiger partial charge in [-0.25, -0.2) is 18.3 Å². The van der Waals surface area contributed by atoms with Crippen LogP contribution in [0.5, 0.6) is 0 Å². The topological polar surface area (TPSA) is 68.3 Å². The highest BCUT2D eigenvalue weighted by Crippen LogP contribution is 2.27. The monoisotopic (exact) mass is 438 g/mol. The Morgan fingerprint density at radius 1 is 1.19 bits per heavy atom. The Hall–Kier alpha value is -3.62. The molecule has 32 heavy (non-hydrogen) atoms. The van der Waals surface area contributed by atoms with Crippen molar-refractivity contribution in [3.8, 4) is 11.3 Å². The molecule has 1 aromatic carbocycles. The van der Waals surface area contributed by atoms with Gasteiger partial charge in [0.15, 0.2) is 5.65 Å². The number of amides is 1. The van der Waals surface area contributed by atoms with Crippen LogP contribution in [0.3, 0.4) is 0 Å². The maximum atomic E-state index is 13.8. The fraction of sp³-hybridized carbons (Fsp3) is 0.304. The van der Waals surface area contributed by atoms with Gasteiger partial charge in [0.25, 0.3) is 12.3 Å². The van der Waals surface area contributed by atoms with Gasteiger partial charge < -0.3 is 4.90 Å². The number of carbonyl (C=O) groups excluding carboxylic acids is 1. The molecule has 9 heteroatoms. The molecule has 0 fully saturated rings. The van der Waals surface area contributed by atoms with Crippen molar-refractivity contribution in [2.75, 3.05) is 7.05 Å². The second-order valence-corrected chi connectivity index (χ2v) is 7.78. The van der Waals surface area contributed by atoms with Crippen LogP contribution in [0.15, 0.2) is 42.7 Å². The molecule has 4 aromatic rings. The van der Waals surface area contributed by atoms with E-state index in [1.54, 1.807) is 7.05 Å². The highest BCUT2D eigenvalue weighted by Gasteiger charge is 2.24. The number of hydrogen-bond acceptors (Lipinski definition) is 4. The Kier molecular flexibility index (Phi) is 5.73. The van der Waals surface area contributed by atoms with Crippen molar-refractivity contribution in [2.24, 2.45) is 0 Å². The number of aromatic nitrogens is 5. The Labute approximate surface area is 184 Å². The first-order chi connectivity index (χ1) is 15.3. The summed E-state index contributed by atoms with van der Waals surface area (Å²) in [6.07, 6.45) is 0.430. The summed E-state index contributed by atoms with van der Waals surface area (Å²) in [6, 6.07) is 8.73.